The predicted molar refractivity (Wildman–Crippen MR) is 77.9 cm³/mol. The van der Waals surface area contributed by atoms with E-state index >= 15 is 0 Å². The third kappa shape index (κ3) is 4.47. The molecule has 0 saturated carbocycles. The molecule has 0 aliphatic carbocycles. The van der Waals surface area contributed by atoms with Crippen molar-refractivity contribution in [1.29, 1.82) is 0 Å². The summed E-state index contributed by atoms with van der Waals surface area (Å²) in [5.41, 5.74) is 0.626. The summed E-state index contributed by atoms with van der Waals surface area (Å²) < 4.78 is 5.59. The predicted octanol–water partition coefficient (Wildman–Crippen LogP) is 0.712. The van der Waals surface area contributed by atoms with Gasteiger partial charge in [0.15, 0.2) is 0 Å². The molecule has 20 heavy (non-hydrogen) atoms. The van der Waals surface area contributed by atoms with Crippen LogP contribution in [0.25, 0.3) is 0 Å². The molecule has 2 heterocycles. The van der Waals surface area contributed by atoms with Gasteiger partial charge in [0.2, 0.25) is 11.8 Å². The van der Waals surface area contributed by atoms with Gasteiger partial charge in [-0.3, -0.25) is 9.69 Å². The number of hydrogen-bond acceptors (Lipinski definition) is 5. The standard InChI is InChI=1S/C14H22N4O2/c1-11(2)20-14-12(4-3-5-16-14)17-13(19)10-18-8-6-15-7-9-18/h3-5,11,15H,6-10H2,1-2H3,(H,17,19). The summed E-state index contributed by atoms with van der Waals surface area (Å²) in [4.78, 5) is 18.4. The molecule has 2 rings (SSSR count). The second-order valence-corrected chi connectivity index (χ2v) is 5.10. The van der Waals surface area contributed by atoms with Crippen LogP contribution in [0.1, 0.15) is 13.8 Å². The van der Waals surface area contributed by atoms with Crippen LogP contribution < -0.4 is 15.4 Å². The lowest BCUT2D eigenvalue weighted by Crippen LogP contribution is -2.46. The Kier molecular flexibility index (Phi) is 5.31. The highest BCUT2D eigenvalue weighted by molar-refractivity contribution is 5.93. The number of anilines is 1. The lowest BCUT2D eigenvalue weighted by atomic mass is 10.3. The van der Waals surface area contributed by atoms with E-state index in [4.69, 9.17) is 4.74 Å². The van der Waals surface area contributed by atoms with Crippen LogP contribution >= 0.6 is 0 Å². The molecule has 0 spiro atoms. The van der Waals surface area contributed by atoms with E-state index in [9.17, 15) is 4.79 Å². The number of rotatable bonds is 5. The number of pyridine rings is 1. The third-order valence-electron chi connectivity index (χ3n) is 2.97. The number of piperazine rings is 1. The fourth-order valence-electron chi connectivity index (χ4n) is 2.07. The first kappa shape index (κ1) is 14.7. The van der Waals surface area contributed by atoms with Crippen LogP contribution in [0.15, 0.2) is 18.3 Å². The first-order valence-corrected chi connectivity index (χ1v) is 7.00. The fraction of sp³-hybridized carbons (Fsp3) is 0.571. The van der Waals surface area contributed by atoms with Crippen molar-refractivity contribution in [3.63, 3.8) is 0 Å². The summed E-state index contributed by atoms with van der Waals surface area (Å²) in [5, 5.41) is 6.14. The highest BCUT2D eigenvalue weighted by Gasteiger charge is 2.15. The second kappa shape index (κ2) is 7.21. The normalized spacial score (nSPS) is 16.1. The monoisotopic (exact) mass is 278 g/mol. The largest absolute Gasteiger partial charge is 0.473 e. The topological polar surface area (TPSA) is 66.5 Å². The Bertz CT molecular complexity index is 445. The average Bonchev–Trinajstić information content (AvgIpc) is 2.41. The summed E-state index contributed by atoms with van der Waals surface area (Å²) in [7, 11) is 0. The smallest absolute Gasteiger partial charge is 0.238 e. The van der Waals surface area contributed by atoms with Gasteiger partial charge in [-0.15, -0.1) is 0 Å². The maximum Gasteiger partial charge on any atom is 0.238 e. The zero-order valence-corrected chi connectivity index (χ0v) is 12.1. The van der Waals surface area contributed by atoms with Crippen LogP contribution in [-0.2, 0) is 4.79 Å². The van der Waals surface area contributed by atoms with Gasteiger partial charge in [-0.2, -0.15) is 0 Å². The minimum Gasteiger partial charge on any atom is -0.473 e. The molecule has 1 saturated heterocycles. The molecule has 1 aliphatic rings. The minimum absolute atomic E-state index is 0.0220. The van der Waals surface area contributed by atoms with Crippen molar-refractivity contribution in [3.05, 3.63) is 18.3 Å². The van der Waals surface area contributed by atoms with E-state index in [-0.39, 0.29) is 12.0 Å². The molecule has 0 unspecified atom stereocenters. The van der Waals surface area contributed by atoms with Gasteiger partial charge in [-0.25, -0.2) is 4.98 Å². The number of amides is 1. The first-order chi connectivity index (χ1) is 9.65. The van der Waals surface area contributed by atoms with Crippen LogP contribution in [0.2, 0.25) is 0 Å². The van der Waals surface area contributed by atoms with Crippen molar-refractivity contribution in [3.8, 4) is 5.88 Å². The zero-order valence-electron chi connectivity index (χ0n) is 12.1. The van der Waals surface area contributed by atoms with Gasteiger partial charge in [0.05, 0.1) is 12.6 Å². The molecule has 6 heteroatoms. The Morgan fingerprint density at radius 3 is 2.95 bits per heavy atom. The van der Waals surface area contributed by atoms with Crippen molar-refractivity contribution >= 4 is 11.6 Å². The summed E-state index contributed by atoms with van der Waals surface area (Å²) in [6.07, 6.45) is 1.68. The van der Waals surface area contributed by atoms with Crippen molar-refractivity contribution in [2.24, 2.45) is 0 Å². The fourth-order valence-corrected chi connectivity index (χ4v) is 2.07. The van der Waals surface area contributed by atoms with Gasteiger partial charge in [0.1, 0.15) is 5.69 Å². The SMILES string of the molecule is CC(C)Oc1ncccc1NC(=O)CN1CCNCC1. The molecule has 1 aliphatic heterocycles. The van der Waals surface area contributed by atoms with E-state index in [0.29, 0.717) is 18.1 Å². The molecule has 1 aromatic rings. The van der Waals surface area contributed by atoms with Gasteiger partial charge in [0, 0.05) is 32.4 Å². The molecule has 0 atom stereocenters. The molecule has 0 aromatic carbocycles. The third-order valence-corrected chi connectivity index (χ3v) is 2.97. The van der Waals surface area contributed by atoms with Gasteiger partial charge >= 0.3 is 0 Å². The van der Waals surface area contributed by atoms with Crippen molar-refractivity contribution in [2.75, 3.05) is 38.0 Å². The Hall–Kier alpha value is -1.66. The Labute approximate surface area is 119 Å². The van der Waals surface area contributed by atoms with Gasteiger partial charge in [-0.1, -0.05) is 0 Å². The molecule has 1 amide bonds. The summed E-state index contributed by atoms with van der Waals surface area (Å²) >= 11 is 0. The molecular weight excluding hydrogens is 256 g/mol. The van der Waals surface area contributed by atoms with E-state index in [1.54, 1.807) is 18.3 Å². The van der Waals surface area contributed by atoms with Crippen LogP contribution in [-0.4, -0.2) is 54.6 Å². The van der Waals surface area contributed by atoms with E-state index in [0.717, 1.165) is 26.2 Å². The maximum absolute atomic E-state index is 12.1. The van der Waals surface area contributed by atoms with Crippen LogP contribution in [0, 0.1) is 0 Å². The van der Waals surface area contributed by atoms with Crippen LogP contribution in [0.3, 0.4) is 0 Å². The maximum atomic E-state index is 12.1. The van der Waals surface area contributed by atoms with Crippen molar-refractivity contribution in [1.82, 2.24) is 15.2 Å². The molecular formula is C14H22N4O2. The number of carbonyl (C=O) groups excluding carboxylic acids is 1. The minimum atomic E-state index is -0.0338. The van der Waals surface area contributed by atoms with Gasteiger partial charge in [0.25, 0.3) is 0 Å². The van der Waals surface area contributed by atoms with Crippen LogP contribution in [0.4, 0.5) is 5.69 Å². The molecule has 0 radical (unpaired) electrons. The van der Waals surface area contributed by atoms with E-state index in [1.165, 1.54) is 0 Å². The lowest BCUT2D eigenvalue weighted by molar-refractivity contribution is -0.117. The van der Waals surface area contributed by atoms with E-state index in [1.807, 2.05) is 13.8 Å². The number of aromatic nitrogens is 1. The Morgan fingerprint density at radius 2 is 2.25 bits per heavy atom. The Balaban J connectivity index is 1.93. The summed E-state index contributed by atoms with van der Waals surface area (Å²) in [6, 6.07) is 3.59. The van der Waals surface area contributed by atoms with E-state index < -0.39 is 0 Å². The highest BCUT2D eigenvalue weighted by Crippen LogP contribution is 2.21. The quantitative estimate of drug-likeness (QED) is 0.830. The first-order valence-electron chi connectivity index (χ1n) is 7.00. The lowest BCUT2D eigenvalue weighted by Gasteiger charge is -2.26. The van der Waals surface area contributed by atoms with E-state index in [2.05, 4.69) is 20.5 Å². The van der Waals surface area contributed by atoms with Gasteiger partial charge < -0.3 is 15.4 Å². The summed E-state index contributed by atoms with van der Waals surface area (Å²) in [5.74, 6) is 0.435. The summed E-state index contributed by atoms with van der Waals surface area (Å²) in [6.45, 7) is 7.93. The number of ether oxygens (including phenoxy) is 1. The molecule has 0 bridgehead atoms. The molecule has 2 N–H and O–H groups in total. The molecule has 110 valence electrons. The number of carbonyl (C=O) groups is 1. The zero-order chi connectivity index (χ0) is 14.4. The second-order valence-electron chi connectivity index (χ2n) is 5.10. The van der Waals surface area contributed by atoms with Crippen molar-refractivity contribution < 1.29 is 9.53 Å². The van der Waals surface area contributed by atoms with Crippen LogP contribution in [0.5, 0.6) is 5.88 Å². The molecule has 1 fully saturated rings. The Morgan fingerprint density at radius 1 is 1.50 bits per heavy atom. The molecule has 1 aromatic heterocycles. The van der Waals surface area contributed by atoms with Crippen molar-refractivity contribution in [2.45, 2.75) is 20.0 Å². The van der Waals surface area contributed by atoms with Gasteiger partial charge in [-0.05, 0) is 26.0 Å². The highest BCUT2D eigenvalue weighted by atomic mass is 16.5. The number of hydrogen-bond donors (Lipinski definition) is 2. The average molecular weight is 278 g/mol. The number of nitrogens with one attached hydrogen (secondary N) is 2. The number of nitrogens with zero attached hydrogens (tertiary/aromatic N) is 2. The molecule has 6 nitrogen and oxygen atoms in total.